The van der Waals surface area contributed by atoms with Crippen molar-refractivity contribution in [3.63, 3.8) is 0 Å². The maximum absolute atomic E-state index is 12.1. The van der Waals surface area contributed by atoms with Gasteiger partial charge in [0.15, 0.2) is 0 Å². The number of nitrogens with one attached hydrogen (secondary N) is 1. The Morgan fingerprint density at radius 2 is 1.92 bits per heavy atom. The monoisotopic (exact) mass is 330 g/mol. The van der Waals surface area contributed by atoms with Crippen LogP contribution >= 0.6 is 0 Å². The lowest BCUT2D eigenvalue weighted by Gasteiger charge is -2.33. The first kappa shape index (κ1) is 17.2. The van der Waals surface area contributed by atoms with E-state index in [1.807, 2.05) is 6.20 Å². The van der Waals surface area contributed by atoms with Crippen molar-refractivity contribution in [1.29, 1.82) is 0 Å². The minimum Gasteiger partial charge on any atom is -0.354 e. The molecule has 0 atom stereocenters. The van der Waals surface area contributed by atoms with Crippen LogP contribution in [0.2, 0.25) is 0 Å². The average molecular weight is 330 g/mol. The molecule has 0 spiro atoms. The molecule has 0 aromatic carbocycles. The Morgan fingerprint density at radius 3 is 2.58 bits per heavy atom. The molecular formula is C19H30N4O. The van der Waals surface area contributed by atoms with Crippen LogP contribution in [0.25, 0.3) is 0 Å². The third-order valence-corrected chi connectivity index (χ3v) is 5.32. The fraction of sp³-hybridized carbons (Fsp3) is 0.684. The highest BCUT2D eigenvalue weighted by Gasteiger charge is 2.17. The van der Waals surface area contributed by atoms with Gasteiger partial charge >= 0.3 is 0 Å². The highest BCUT2D eigenvalue weighted by molar-refractivity contribution is 5.76. The zero-order valence-electron chi connectivity index (χ0n) is 14.8. The smallest absolute Gasteiger partial charge is 0.220 e. The van der Waals surface area contributed by atoms with E-state index >= 15 is 0 Å². The number of pyridine rings is 1. The van der Waals surface area contributed by atoms with Crippen LogP contribution in [0.5, 0.6) is 0 Å². The molecule has 1 saturated carbocycles. The number of anilines is 1. The minimum atomic E-state index is 0.185. The fourth-order valence-electron chi connectivity index (χ4n) is 3.67. The van der Waals surface area contributed by atoms with Gasteiger partial charge in [-0.05, 0) is 37.4 Å². The Morgan fingerprint density at radius 1 is 1.17 bits per heavy atom. The summed E-state index contributed by atoms with van der Waals surface area (Å²) in [6, 6.07) is 4.16. The van der Waals surface area contributed by atoms with Crippen molar-refractivity contribution >= 4 is 11.7 Å². The summed E-state index contributed by atoms with van der Waals surface area (Å²) in [5, 5.41) is 3.05. The number of hydrogen-bond donors (Lipinski definition) is 1. The number of aromatic nitrogens is 1. The Kier molecular flexibility index (Phi) is 6.07. The number of carbonyl (C=O) groups excluding carboxylic acids is 1. The van der Waals surface area contributed by atoms with Crippen LogP contribution in [0.4, 0.5) is 5.82 Å². The molecule has 2 aliphatic rings. The molecule has 2 heterocycles. The number of amides is 1. The summed E-state index contributed by atoms with van der Waals surface area (Å²) in [5.41, 5.74) is 1.07. The standard InChI is InChI=1S/C19H30N4O/c1-22-9-11-23(12-10-22)18-8-7-17(14-20-18)15-21-19(24)13-16-5-3-2-4-6-16/h7-8,14,16H,2-6,9-13,15H2,1H3,(H,21,24). The number of piperazine rings is 1. The molecule has 1 saturated heterocycles. The van der Waals surface area contributed by atoms with Gasteiger partial charge in [0.1, 0.15) is 5.82 Å². The third kappa shape index (κ3) is 4.94. The average Bonchev–Trinajstić information content (AvgIpc) is 2.62. The first-order chi connectivity index (χ1) is 11.7. The summed E-state index contributed by atoms with van der Waals surface area (Å²) >= 11 is 0. The van der Waals surface area contributed by atoms with Crippen molar-refractivity contribution in [1.82, 2.24) is 15.2 Å². The lowest BCUT2D eigenvalue weighted by molar-refractivity contribution is -0.122. The van der Waals surface area contributed by atoms with Crippen LogP contribution in [0.3, 0.4) is 0 Å². The molecule has 24 heavy (non-hydrogen) atoms. The highest BCUT2D eigenvalue weighted by Crippen LogP contribution is 2.26. The quantitative estimate of drug-likeness (QED) is 0.901. The second-order valence-electron chi connectivity index (χ2n) is 7.30. The van der Waals surface area contributed by atoms with Crippen LogP contribution in [0.1, 0.15) is 44.1 Å². The molecule has 0 bridgehead atoms. The third-order valence-electron chi connectivity index (χ3n) is 5.32. The summed E-state index contributed by atoms with van der Waals surface area (Å²) in [6.07, 6.45) is 8.93. The van der Waals surface area contributed by atoms with Crippen molar-refractivity contribution in [3.8, 4) is 0 Å². The number of rotatable bonds is 5. The van der Waals surface area contributed by atoms with E-state index in [9.17, 15) is 4.79 Å². The SMILES string of the molecule is CN1CCN(c2ccc(CNC(=O)CC3CCCCC3)cn2)CC1. The van der Waals surface area contributed by atoms with Crippen LogP contribution in [-0.2, 0) is 11.3 Å². The molecule has 0 unspecified atom stereocenters. The predicted molar refractivity (Wildman–Crippen MR) is 97.0 cm³/mol. The largest absolute Gasteiger partial charge is 0.354 e. The van der Waals surface area contributed by atoms with Crippen LogP contribution < -0.4 is 10.2 Å². The van der Waals surface area contributed by atoms with Gasteiger partial charge in [-0.15, -0.1) is 0 Å². The number of carbonyl (C=O) groups is 1. The van der Waals surface area contributed by atoms with Crippen molar-refractivity contribution in [2.45, 2.75) is 45.1 Å². The van der Waals surface area contributed by atoms with Gasteiger partial charge in [-0.25, -0.2) is 4.98 Å². The zero-order valence-corrected chi connectivity index (χ0v) is 14.8. The second-order valence-corrected chi connectivity index (χ2v) is 7.30. The van der Waals surface area contributed by atoms with E-state index in [2.05, 4.69) is 39.3 Å². The molecule has 1 aliphatic heterocycles. The molecule has 5 heteroatoms. The lowest BCUT2D eigenvalue weighted by atomic mass is 9.87. The normalized spacial score (nSPS) is 20.1. The zero-order chi connectivity index (χ0) is 16.8. The fourth-order valence-corrected chi connectivity index (χ4v) is 3.67. The summed E-state index contributed by atoms with van der Waals surface area (Å²) in [7, 11) is 2.16. The van der Waals surface area contributed by atoms with Crippen LogP contribution in [-0.4, -0.2) is 49.0 Å². The number of likely N-dealkylation sites (N-methyl/N-ethyl adjacent to an activating group) is 1. The molecule has 0 radical (unpaired) electrons. The van der Waals surface area contributed by atoms with Gasteiger partial charge in [0.05, 0.1) is 0 Å². The van der Waals surface area contributed by atoms with E-state index in [4.69, 9.17) is 0 Å². The summed E-state index contributed by atoms with van der Waals surface area (Å²) in [6.45, 7) is 4.81. The predicted octanol–water partition coefficient (Wildman–Crippen LogP) is 2.42. The Labute approximate surface area is 145 Å². The van der Waals surface area contributed by atoms with E-state index in [1.54, 1.807) is 0 Å². The van der Waals surface area contributed by atoms with Gasteiger partial charge in [0.2, 0.25) is 5.91 Å². The molecule has 1 amide bonds. The van der Waals surface area contributed by atoms with Crippen molar-refractivity contribution in [2.24, 2.45) is 5.92 Å². The maximum Gasteiger partial charge on any atom is 0.220 e. The molecule has 1 aliphatic carbocycles. The van der Waals surface area contributed by atoms with Crippen molar-refractivity contribution in [3.05, 3.63) is 23.9 Å². The molecule has 5 nitrogen and oxygen atoms in total. The van der Waals surface area contributed by atoms with Gasteiger partial charge < -0.3 is 15.1 Å². The molecule has 132 valence electrons. The van der Waals surface area contributed by atoms with E-state index in [1.165, 1.54) is 32.1 Å². The van der Waals surface area contributed by atoms with Gasteiger partial charge in [-0.1, -0.05) is 25.3 Å². The van der Waals surface area contributed by atoms with Gasteiger partial charge in [0.25, 0.3) is 0 Å². The van der Waals surface area contributed by atoms with Crippen LogP contribution in [0.15, 0.2) is 18.3 Å². The summed E-state index contributed by atoms with van der Waals surface area (Å²) in [5.74, 6) is 1.82. The van der Waals surface area contributed by atoms with Crippen molar-refractivity contribution in [2.75, 3.05) is 38.1 Å². The highest BCUT2D eigenvalue weighted by atomic mass is 16.1. The number of hydrogen-bond acceptors (Lipinski definition) is 4. The molecule has 3 rings (SSSR count). The lowest BCUT2D eigenvalue weighted by Crippen LogP contribution is -2.44. The summed E-state index contributed by atoms with van der Waals surface area (Å²) in [4.78, 5) is 21.3. The minimum absolute atomic E-state index is 0.185. The topological polar surface area (TPSA) is 48.5 Å². The van der Waals surface area contributed by atoms with Gasteiger partial charge in [-0.3, -0.25) is 4.79 Å². The molecule has 1 aromatic heterocycles. The van der Waals surface area contributed by atoms with Crippen molar-refractivity contribution < 1.29 is 4.79 Å². The maximum atomic E-state index is 12.1. The number of nitrogens with zero attached hydrogens (tertiary/aromatic N) is 3. The first-order valence-corrected chi connectivity index (χ1v) is 9.36. The Balaban J connectivity index is 1.43. The molecule has 1 aromatic rings. The van der Waals surface area contributed by atoms with E-state index in [-0.39, 0.29) is 5.91 Å². The van der Waals surface area contributed by atoms with E-state index in [0.717, 1.165) is 37.6 Å². The Bertz CT molecular complexity index is 517. The molecule has 2 fully saturated rings. The first-order valence-electron chi connectivity index (χ1n) is 9.36. The van der Waals surface area contributed by atoms with Gasteiger partial charge in [-0.2, -0.15) is 0 Å². The molecular weight excluding hydrogens is 300 g/mol. The summed E-state index contributed by atoms with van der Waals surface area (Å²) < 4.78 is 0. The van der Waals surface area contributed by atoms with E-state index < -0.39 is 0 Å². The Hall–Kier alpha value is -1.62. The second kappa shape index (κ2) is 8.47. The van der Waals surface area contributed by atoms with Gasteiger partial charge in [0, 0.05) is 45.3 Å². The van der Waals surface area contributed by atoms with Crippen LogP contribution in [0, 0.1) is 5.92 Å². The molecule has 1 N–H and O–H groups in total. The van der Waals surface area contributed by atoms with E-state index in [0.29, 0.717) is 18.9 Å².